The van der Waals surface area contributed by atoms with Crippen LogP contribution in [0.4, 0.5) is 0 Å². The molecular weight excluding hydrogens is 214 g/mol. The molecule has 2 fully saturated rings. The lowest BCUT2D eigenvalue weighted by molar-refractivity contribution is -0.147. The minimum absolute atomic E-state index is 0.0777. The fraction of sp³-hybridized carbons (Fsp3) is 1.00. The predicted molar refractivity (Wildman–Crippen MR) is 69.0 cm³/mol. The van der Waals surface area contributed by atoms with Gasteiger partial charge in [-0.25, -0.2) is 0 Å². The van der Waals surface area contributed by atoms with Gasteiger partial charge in [0.05, 0.1) is 22.9 Å². The zero-order valence-corrected chi connectivity index (χ0v) is 11.7. The van der Waals surface area contributed by atoms with E-state index in [0.29, 0.717) is 6.54 Å². The molecule has 17 heavy (non-hydrogen) atoms. The van der Waals surface area contributed by atoms with Crippen LogP contribution in [0.15, 0.2) is 0 Å². The van der Waals surface area contributed by atoms with Gasteiger partial charge in [0.15, 0.2) is 0 Å². The number of hydrogen-bond acceptors (Lipinski definition) is 3. The second kappa shape index (κ2) is 4.22. The highest BCUT2D eigenvalue weighted by molar-refractivity contribution is 4.99. The van der Waals surface area contributed by atoms with Crippen LogP contribution >= 0.6 is 0 Å². The van der Waals surface area contributed by atoms with Crippen LogP contribution < -0.4 is 5.73 Å². The Kier molecular flexibility index (Phi) is 3.30. The van der Waals surface area contributed by atoms with Gasteiger partial charge in [-0.3, -0.25) is 0 Å². The summed E-state index contributed by atoms with van der Waals surface area (Å²) in [6.07, 6.45) is 5.83. The summed E-state index contributed by atoms with van der Waals surface area (Å²) in [5.41, 5.74) is 5.58. The molecule has 1 aliphatic heterocycles. The summed E-state index contributed by atoms with van der Waals surface area (Å²) in [5, 5.41) is 0. The monoisotopic (exact) mass is 241 g/mol. The van der Waals surface area contributed by atoms with Gasteiger partial charge in [0.1, 0.15) is 0 Å². The third-order valence-electron chi connectivity index (χ3n) is 4.27. The Morgan fingerprint density at radius 1 is 1.18 bits per heavy atom. The smallest absolute Gasteiger partial charge is 0.0895 e. The molecule has 0 aromatic rings. The van der Waals surface area contributed by atoms with Gasteiger partial charge >= 0.3 is 0 Å². The molecule has 0 bridgehead atoms. The summed E-state index contributed by atoms with van der Waals surface area (Å²) < 4.78 is 12.5. The fourth-order valence-corrected chi connectivity index (χ4v) is 3.39. The van der Waals surface area contributed by atoms with Gasteiger partial charge in [-0.15, -0.1) is 0 Å². The van der Waals surface area contributed by atoms with Crippen molar-refractivity contribution >= 4 is 0 Å². The van der Waals surface area contributed by atoms with Crippen LogP contribution in [-0.4, -0.2) is 29.5 Å². The molecule has 3 heteroatoms. The lowest BCUT2D eigenvalue weighted by Crippen LogP contribution is -2.46. The van der Waals surface area contributed by atoms with Crippen LogP contribution in [0.3, 0.4) is 0 Å². The van der Waals surface area contributed by atoms with Crippen molar-refractivity contribution in [2.75, 3.05) is 6.54 Å². The molecule has 1 saturated heterocycles. The third-order valence-corrected chi connectivity index (χ3v) is 4.27. The quantitative estimate of drug-likeness (QED) is 0.826. The highest BCUT2D eigenvalue weighted by Gasteiger charge is 2.50. The van der Waals surface area contributed by atoms with Crippen molar-refractivity contribution in [3.05, 3.63) is 0 Å². The molecule has 2 aliphatic rings. The van der Waals surface area contributed by atoms with Crippen LogP contribution in [0.5, 0.6) is 0 Å². The van der Waals surface area contributed by atoms with E-state index in [9.17, 15) is 0 Å². The maximum atomic E-state index is 6.41. The van der Waals surface area contributed by atoms with E-state index in [-0.39, 0.29) is 22.9 Å². The predicted octanol–water partition coefficient (Wildman–Crippen LogP) is 2.62. The van der Waals surface area contributed by atoms with Crippen LogP contribution in [0.2, 0.25) is 0 Å². The highest BCUT2D eigenvalue weighted by atomic mass is 16.6. The molecule has 1 atom stereocenters. The van der Waals surface area contributed by atoms with Crippen LogP contribution in [0, 0.1) is 0 Å². The Labute approximate surface area is 105 Å². The maximum absolute atomic E-state index is 6.41. The largest absolute Gasteiger partial charge is 0.367 e. The Balaban J connectivity index is 2.08. The van der Waals surface area contributed by atoms with Crippen molar-refractivity contribution in [1.29, 1.82) is 0 Å². The first-order valence-electron chi connectivity index (χ1n) is 6.87. The number of nitrogens with two attached hydrogens (primary N) is 1. The summed E-state index contributed by atoms with van der Waals surface area (Å²) in [6, 6.07) is 0. The van der Waals surface area contributed by atoms with E-state index in [1.54, 1.807) is 0 Å². The van der Waals surface area contributed by atoms with Gasteiger partial charge in [-0.1, -0.05) is 12.8 Å². The van der Waals surface area contributed by atoms with E-state index in [1.807, 2.05) is 0 Å². The summed E-state index contributed by atoms with van der Waals surface area (Å²) in [5.74, 6) is 0. The Hall–Kier alpha value is -0.120. The molecule has 1 saturated carbocycles. The maximum Gasteiger partial charge on any atom is 0.0895 e. The molecule has 1 unspecified atom stereocenters. The highest BCUT2D eigenvalue weighted by Crippen LogP contribution is 2.43. The lowest BCUT2D eigenvalue weighted by Gasteiger charge is -2.36. The van der Waals surface area contributed by atoms with Gasteiger partial charge in [0.25, 0.3) is 0 Å². The standard InChI is InChI=1S/C14H27NO2/c1-12(2)9-11(13(3,4)17-12)16-14(10-15)7-5-6-8-14/h11H,5-10,15H2,1-4H3. The minimum Gasteiger partial charge on any atom is -0.367 e. The SMILES string of the molecule is CC1(C)CC(OC2(CN)CCCC2)C(C)(C)O1. The third kappa shape index (κ3) is 2.67. The minimum atomic E-state index is -0.200. The second-order valence-electron chi connectivity index (χ2n) is 6.87. The van der Waals surface area contributed by atoms with Crippen molar-refractivity contribution in [3.8, 4) is 0 Å². The van der Waals surface area contributed by atoms with E-state index in [4.69, 9.17) is 15.2 Å². The van der Waals surface area contributed by atoms with E-state index in [1.165, 1.54) is 12.8 Å². The summed E-state index contributed by atoms with van der Waals surface area (Å²) >= 11 is 0. The first kappa shape index (κ1) is 13.3. The zero-order valence-electron chi connectivity index (χ0n) is 11.7. The van der Waals surface area contributed by atoms with Gasteiger partial charge < -0.3 is 15.2 Å². The van der Waals surface area contributed by atoms with Crippen molar-refractivity contribution in [2.24, 2.45) is 5.73 Å². The van der Waals surface area contributed by atoms with Crippen molar-refractivity contribution < 1.29 is 9.47 Å². The van der Waals surface area contributed by atoms with Crippen molar-refractivity contribution in [2.45, 2.75) is 82.7 Å². The lowest BCUT2D eigenvalue weighted by atomic mass is 9.94. The first-order valence-corrected chi connectivity index (χ1v) is 6.87. The molecule has 0 amide bonds. The summed E-state index contributed by atoms with van der Waals surface area (Å²) in [4.78, 5) is 0. The van der Waals surface area contributed by atoms with Crippen LogP contribution in [0.1, 0.15) is 59.8 Å². The molecule has 0 aromatic carbocycles. The Morgan fingerprint density at radius 3 is 2.18 bits per heavy atom. The number of ether oxygens (including phenoxy) is 2. The molecular formula is C14H27NO2. The van der Waals surface area contributed by atoms with Crippen LogP contribution in [0.25, 0.3) is 0 Å². The number of hydrogen-bond donors (Lipinski definition) is 1. The van der Waals surface area contributed by atoms with Crippen molar-refractivity contribution in [3.63, 3.8) is 0 Å². The average Bonchev–Trinajstić information content (AvgIpc) is 2.71. The zero-order chi connectivity index (χ0) is 12.7. The molecule has 0 spiro atoms. The summed E-state index contributed by atoms with van der Waals surface area (Å²) in [6.45, 7) is 9.18. The Morgan fingerprint density at radius 2 is 1.76 bits per heavy atom. The van der Waals surface area contributed by atoms with Gasteiger partial charge in [0, 0.05) is 13.0 Å². The van der Waals surface area contributed by atoms with Gasteiger partial charge in [-0.2, -0.15) is 0 Å². The molecule has 1 aliphatic carbocycles. The van der Waals surface area contributed by atoms with Crippen molar-refractivity contribution in [1.82, 2.24) is 0 Å². The fourth-order valence-electron chi connectivity index (χ4n) is 3.39. The summed E-state index contributed by atoms with van der Waals surface area (Å²) in [7, 11) is 0. The van der Waals surface area contributed by atoms with E-state index < -0.39 is 0 Å². The average molecular weight is 241 g/mol. The van der Waals surface area contributed by atoms with Crippen LogP contribution in [-0.2, 0) is 9.47 Å². The molecule has 0 aromatic heterocycles. The van der Waals surface area contributed by atoms with E-state index >= 15 is 0 Å². The first-order chi connectivity index (χ1) is 7.79. The van der Waals surface area contributed by atoms with E-state index in [0.717, 1.165) is 19.3 Å². The van der Waals surface area contributed by atoms with E-state index in [2.05, 4.69) is 27.7 Å². The normalized spacial score (nSPS) is 34.1. The number of rotatable bonds is 3. The Bertz CT molecular complexity index is 280. The van der Waals surface area contributed by atoms with Gasteiger partial charge in [0.2, 0.25) is 0 Å². The molecule has 3 nitrogen and oxygen atoms in total. The molecule has 100 valence electrons. The molecule has 1 heterocycles. The second-order valence-corrected chi connectivity index (χ2v) is 6.87. The molecule has 2 N–H and O–H groups in total. The molecule has 0 radical (unpaired) electrons. The van der Waals surface area contributed by atoms with Gasteiger partial charge in [-0.05, 0) is 40.5 Å². The topological polar surface area (TPSA) is 44.5 Å². The molecule has 2 rings (SSSR count).